The van der Waals surface area contributed by atoms with E-state index in [-0.39, 0.29) is 0 Å². The van der Waals surface area contributed by atoms with Crippen molar-refractivity contribution in [3.05, 3.63) is 83.4 Å². The van der Waals surface area contributed by atoms with Crippen molar-refractivity contribution in [2.45, 2.75) is 25.4 Å². The van der Waals surface area contributed by atoms with Crippen LogP contribution in [0.3, 0.4) is 0 Å². The third-order valence-corrected chi connectivity index (χ3v) is 5.11. The molecule has 4 nitrogen and oxygen atoms in total. The third kappa shape index (κ3) is 4.46. The number of nitrogens with one attached hydrogen (secondary N) is 1. The van der Waals surface area contributed by atoms with Crippen LogP contribution in [0.4, 0.5) is 0 Å². The Balaban J connectivity index is 1.75. The maximum absolute atomic E-state index is 13.1. The maximum atomic E-state index is 13.1. The summed E-state index contributed by atoms with van der Waals surface area (Å²) in [5, 5.41) is 14.4. The molecule has 1 aliphatic rings. The summed E-state index contributed by atoms with van der Waals surface area (Å²) in [5.74, 6) is -0.392. The molecule has 3 rings (SSSR count). The first kappa shape index (κ1) is 19.3. The van der Waals surface area contributed by atoms with Gasteiger partial charge in [-0.25, -0.2) is 0 Å². The van der Waals surface area contributed by atoms with Gasteiger partial charge in [-0.05, 0) is 30.5 Å². The molecular formula is C23H28N2O2. The molecule has 4 heteroatoms. The summed E-state index contributed by atoms with van der Waals surface area (Å²) >= 11 is 0. The highest BCUT2D eigenvalue weighted by molar-refractivity contribution is 5.90. The van der Waals surface area contributed by atoms with Crippen molar-refractivity contribution in [1.82, 2.24) is 10.2 Å². The summed E-state index contributed by atoms with van der Waals surface area (Å²) < 4.78 is 0. The quantitative estimate of drug-likeness (QED) is 0.743. The molecule has 0 spiro atoms. The average molecular weight is 364 g/mol. The van der Waals surface area contributed by atoms with Gasteiger partial charge >= 0.3 is 0 Å². The molecule has 0 aromatic heterocycles. The monoisotopic (exact) mass is 364 g/mol. The summed E-state index contributed by atoms with van der Waals surface area (Å²) in [6.45, 7) is 5.73. The van der Waals surface area contributed by atoms with Crippen LogP contribution in [-0.2, 0) is 10.4 Å². The summed E-state index contributed by atoms with van der Waals surface area (Å²) in [6, 6.07) is 18.2. The van der Waals surface area contributed by atoms with E-state index in [4.69, 9.17) is 0 Å². The van der Waals surface area contributed by atoms with Crippen molar-refractivity contribution in [2.24, 2.45) is 0 Å². The van der Waals surface area contributed by atoms with Gasteiger partial charge < -0.3 is 10.4 Å². The smallest absolute Gasteiger partial charge is 0.261 e. The van der Waals surface area contributed by atoms with Crippen molar-refractivity contribution in [3.8, 4) is 0 Å². The van der Waals surface area contributed by atoms with Crippen molar-refractivity contribution in [1.29, 1.82) is 0 Å². The Labute approximate surface area is 161 Å². The van der Waals surface area contributed by atoms with Crippen LogP contribution in [0.1, 0.15) is 30.9 Å². The van der Waals surface area contributed by atoms with E-state index in [1.165, 1.54) is 5.57 Å². The molecule has 0 unspecified atom stereocenters. The highest BCUT2D eigenvalue weighted by Gasteiger charge is 2.39. The first-order valence-electron chi connectivity index (χ1n) is 9.66. The Morgan fingerprint density at radius 3 is 2.15 bits per heavy atom. The molecule has 0 bridgehead atoms. The van der Waals surface area contributed by atoms with Crippen LogP contribution in [0.15, 0.2) is 72.3 Å². The van der Waals surface area contributed by atoms with Crippen LogP contribution in [0.25, 0.3) is 0 Å². The Kier molecular flexibility index (Phi) is 6.43. The van der Waals surface area contributed by atoms with E-state index in [1.807, 2.05) is 36.4 Å². The van der Waals surface area contributed by atoms with Crippen LogP contribution in [0.2, 0.25) is 0 Å². The lowest BCUT2D eigenvalue weighted by atomic mass is 9.85. The molecule has 2 aromatic carbocycles. The minimum absolute atomic E-state index is 0.392. The average Bonchev–Trinajstić information content (AvgIpc) is 2.74. The second-order valence-corrected chi connectivity index (χ2v) is 7.04. The van der Waals surface area contributed by atoms with Gasteiger partial charge in [-0.1, -0.05) is 79.2 Å². The summed E-state index contributed by atoms with van der Waals surface area (Å²) in [7, 11) is 0. The molecule has 1 amide bonds. The largest absolute Gasteiger partial charge is 0.372 e. The molecule has 2 aromatic rings. The van der Waals surface area contributed by atoms with E-state index in [0.29, 0.717) is 17.7 Å². The fourth-order valence-electron chi connectivity index (χ4n) is 3.54. The summed E-state index contributed by atoms with van der Waals surface area (Å²) in [6.07, 6.45) is 4.31. The fourth-order valence-corrected chi connectivity index (χ4v) is 3.54. The SMILES string of the molecule is CCCN1CC=C(CNC(=O)C(O)(c2ccccc2)c2ccccc2)CC1. The number of aliphatic hydroxyl groups is 1. The lowest BCUT2D eigenvalue weighted by Crippen LogP contribution is -2.46. The van der Waals surface area contributed by atoms with E-state index in [9.17, 15) is 9.90 Å². The molecule has 0 fully saturated rings. The molecule has 0 saturated carbocycles. The molecule has 0 radical (unpaired) electrons. The topological polar surface area (TPSA) is 52.6 Å². The zero-order valence-corrected chi connectivity index (χ0v) is 15.9. The molecule has 1 aliphatic heterocycles. The van der Waals surface area contributed by atoms with Gasteiger partial charge in [-0.2, -0.15) is 0 Å². The molecule has 27 heavy (non-hydrogen) atoms. The predicted molar refractivity (Wildman–Crippen MR) is 108 cm³/mol. The van der Waals surface area contributed by atoms with Gasteiger partial charge in [0.15, 0.2) is 5.60 Å². The van der Waals surface area contributed by atoms with Gasteiger partial charge in [0.25, 0.3) is 5.91 Å². The number of amides is 1. The number of carbonyl (C=O) groups is 1. The first-order chi connectivity index (χ1) is 13.1. The molecule has 0 aliphatic carbocycles. The van der Waals surface area contributed by atoms with Crippen LogP contribution >= 0.6 is 0 Å². The number of nitrogens with zero attached hydrogens (tertiary/aromatic N) is 1. The first-order valence-corrected chi connectivity index (χ1v) is 9.66. The number of hydrogen-bond donors (Lipinski definition) is 2. The van der Waals surface area contributed by atoms with Crippen LogP contribution in [0, 0.1) is 0 Å². The van der Waals surface area contributed by atoms with Crippen LogP contribution in [-0.4, -0.2) is 42.1 Å². The zero-order valence-electron chi connectivity index (χ0n) is 15.9. The molecule has 2 N–H and O–H groups in total. The second-order valence-electron chi connectivity index (χ2n) is 7.04. The van der Waals surface area contributed by atoms with Gasteiger partial charge in [0.1, 0.15) is 0 Å². The van der Waals surface area contributed by atoms with Gasteiger partial charge in [0.05, 0.1) is 0 Å². The Bertz CT molecular complexity index is 732. The fraction of sp³-hybridized carbons (Fsp3) is 0.348. The normalized spacial score (nSPS) is 15.3. The number of carbonyl (C=O) groups excluding carboxylic acids is 1. The van der Waals surface area contributed by atoms with Crippen molar-refractivity contribution >= 4 is 5.91 Å². The van der Waals surface area contributed by atoms with Crippen molar-refractivity contribution in [2.75, 3.05) is 26.2 Å². The van der Waals surface area contributed by atoms with Gasteiger partial charge in [-0.15, -0.1) is 0 Å². The van der Waals surface area contributed by atoms with Crippen LogP contribution in [0.5, 0.6) is 0 Å². The Hall–Kier alpha value is -2.43. The minimum Gasteiger partial charge on any atom is -0.372 e. The Morgan fingerprint density at radius 1 is 1.07 bits per heavy atom. The number of hydrogen-bond acceptors (Lipinski definition) is 3. The van der Waals surface area contributed by atoms with Gasteiger partial charge in [-0.3, -0.25) is 9.69 Å². The van der Waals surface area contributed by atoms with Crippen LogP contribution < -0.4 is 5.32 Å². The summed E-state index contributed by atoms with van der Waals surface area (Å²) in [5.41, 5.74) is 0.659. The molecule has 0 saturated heterocycles. The van der Waals surface area contributed by atoms with E-state index >= 15 is 0 Å². The second kappa shape index (κ2) is 8.98. The Morgan fingerprint density at radius 2 is 1.67 bits per heavy atom. The molecular weight excluding hydrogens is 336 g/mol. The van der Waals surface area contributed by atoms with Crippen molar-refractivity contribution in [3.63, 3.8) is 0 Å². The highest BCUT2D eigenvalue weighted by atomic mass is 16.3. The van der Waals surface area contributed by atoms with E-state index in [2.05, 4.69) is 23.2 Å². The van der Waals surface area contributed by atoms with Gasteiger partial charge in [0.2, 0.25) is 0 Å². The zero-order chi connectivity index (χ0) is 19.1. The van der Waals surface area contributed by atoms with Crippen molar-refractivity contribution < 1.29 is 9.90 Å². The lowest BCUT2D eigenvalue weighted by Gasteiger charge is -2.29. The summed E-state index contributed by atoms with van der Waals surface area (Å²) in [4.78, 5) is 15.5. The lowest BCUT2D eigenvalue weighted by molar-refractivity contribution is -0.136. The van der Waals surface area contributed by atoms with E-state index in [1.54, 1.807) is 24.3 Å². The molecule has 0 atom stereocenters. The standard InChI is InChI=1S/C23H28N2O2/c1-2-15-25-16-13-19(14-17-25)18-24-22(26)23(27,20-9-5-3-6-10-20)21-11-7-4-8-12-21/h3-13,27H,2,14-18H2,1H3,(H,24,26). The van der Waals surface area contributed by atoms with E-state index in [0.717, 1.165) is 32.5 Å². The van der Waals surface area contributed by atoms with Gasteiger partial charge in [0, 0.05) is 19.6 Å². The number of benzene rings is 2. The maximum Gasteiger partial charge on any atom is 0.261 e. The minimum atomic E-state index is -1.70. The molecule has 1 heterocycles. The number of rotatable bonds is 7. The molecule has 142 valence electrons. The highest BCUT2D eigenvalue weighted by Crippen LogP contribution is 2.30. The van der Waals surface area contributed by atoms with E-state index < -0.39 is 11.5 Å². The predicted octanol–water partition coefficient (Wildman–Crippen LogP) is 3.08. The third-order valence-electron chi connectivity index (χ3n) is 5.11.